The van der Waals surface area contributed by atoms with Gasteiger partial charge in [-0.1, -0.05) is 118 Å². The average molecular weight is 1590 g/mol. The first-order valence-electron chi connectivity index (χ1n) is 38.8. The van der Waals surface area contributed by atoms with Crippen molar-refractivity contribution in [3.63, 3.8) is 0 Å². The lowest BCUT2D eigenvalue weighted by molar-refractivity contribution is -0.307. The van der Waals surface area contributed by atoms with E-state index in [4.69, 9.17) is 34.5 Å². The first-order valence-corrected chi connectivity index (χ1v) is 38.3. The van der Waals surface area contributed by atoms with E-state index in [0.717, 1.165) is 9.80 Å². The third-order valence-electron chi connectivity index (χ3n) is 21.2. The predicted molar refractivity (Wildman–Crippen MR) is 400 cm³/mol. The Morgan fingerprint density at radius 3 is 1.91 bits per heavy atom. The van der Waals surface area contributed by atoms with Crippen LogP contribution in [0.15, 0.2) is 54.6 Å². The van der Waals surface area contributed by atoms with Crippen LogP contribution in [0.3, 0.4) is 0 Å². The number of methoxy groups -OCH3 is 2. The van der Waals surface area contributed by atoms with E-state index in [1.54, 1.807) is 97.7 Å². The van der Waals surface area contributed by atoms with Gasteiger partial charge < -0.3 is 110 Å². The molecule has 0 radical (unpaired) electrons. The fourth-order valence-corrected chi connectivity index (χ4v) is 14.5. The zero-order valence-corrected chi connectivity index (χ0v) is 66.3. The normalized spacial score (nSPS) is 25.8. The predicted octanol–water partition coefficient (Wildman–Crippen LogP) is 0.585. The topological polar surface area (TPSA) is 487 Å². The molecule has 0 saturated carbocycles. The lowest BCUT2D eigenvalue weighted by atomic mass is 9.89. The number of likely N-dealkylation sites (N-methyl/N-ethyl adjacent to an activating group) is 2. The van der Waals surface area contributed by atoms with Crippen molar-refractivity contribution in [2.75, 3.05) is 59.9 Å². The number of ether oxygens (including phenoxy) is 7. The van der Waals surface area contributed by atoms with E-state index in [1.807, 2.05) is 13.8 Å². The number of carboxylic acid groups (broad SMARTS) is 1. The first-order chi connectivity index (χ1) is 53.3. The van der Waals surface area contributed by atoms with E-state index in [0.29, 0.717) is 56.2 Å². The van der Waals surface area contributed by atoms with Gasteiger partial charge >= 0.3 is 12.1 Å². The molecule has 628 valence electrons. The van der Waals surface area contributed by atoms with Crippen LogP contribution in [-0.2, 0) is 87.7 Å². The number of imide groups is 1. The molecule has 10 amide bonds. The minimum atomic E-state index is -1.96. The van der Waals surface area contributed by atoms with Crippen molar-refractivity contribution in [2.24, 2.45) is 29.6 Å². The van der Waals surface area contributed by atoms with Crippen LogP contribution >= 0.6 is 0 Å². The maximum absolute atomic E-state index is 15.0. The van der Waals surface area contributed by atoms with Crippen LogP contribution < -0.4 is 26.6 Å². The second kappa shape index (κ2) is 43.5. The van der Waals surface area contributed by atoms with Gasteiger partial charge in [-0.05, 0) is 79.5 Å². The summed E-state index contributed by atoms with van der Waals surface area (Å²) in [5, 5.41) is 96.5. The molecular formula is C77H119N9O26. The van der Waals surface area contributed by atoms with Crippen molar-refractivity contribution in [1.29, 1.82) is 0 Å². The summed E-state index contributed by atoms with van der Waals surface area (Å²) in [7, 11) is 5.83. The van der Waals surface area contributed by atoms with Crippen molar-refractivity contribution < 1.29 is 128 Å². The second-order valence-corrected chi connectivity index (χ2v) is 30.3. The van der Waals surface area contributed by atoms with Gasteiger partial charge in [-0.15, -0.1) is 0 Å². The van der Waals surface area contributed by atoms with Crippen molar-refractivity contribution in [1.82, 2.24) is 40.9 Å². The zero-order chi connectivity index (χ0) is 84.2. The number of nitrogens with one attached hydrogen (secondary N) is 5. The Labute approximate surface area is 654 Å². The molecule has 23 atom stereocenters. The number of aliphatic hydroxyl groups excluding tert-OH is 7. The van der Waals surface area contributed by atoms with Gasteiger partial charge in [0.25, 0.3) is 0 Å². The van der Waals surface area contributed by atoms with Gasteiger partial charge in [-0.25, -0.2) is 9.59 Å². The molecule has 0 bridgehead atoms. The molecule has 4 saturated heterocycles. The Morgan fingerprint density at radius 1 is 0.688 bits per heavy atom. The van der Waals surface area contributed by atoms with Crippen molar-refractivity contribution in [3.8, 4) is 0 Å². The molecule has 0 spiro atoms. The quantitative estimate of drug-likeness (QED) is 0.0320. The number of aliphatic hydroxyl groups is 7. The maximum atomic E-state index is 15.0. The number of rotatable bonds is 41. The number of hydrogen-bond donors (Lipinski definition) is 13. The number of anilines is 1. The van der Waals surface area contributed by atoms with Crippen LogP contribution in [-0.4, -0.2) is 296 Å². The first kappa shape index (κ1) is 91.3. The molecule has 4 heterocycles. The Morgan fingerprint density at radius 2 is 1.33 bits per heavy atom. The Balaban J connectivity index is 1.07. The van der Waals surface area contributed by atoms with Crippen molar-refractivity contribution in [3.05, 3.63) is 65.7 Å². The molecule has 35 nitrogen and oxygen atoms in total. The van der Waals surface area contributed by atoms with Crippen LogP contribution in [0.1, 0.15) is 152 Å². The van der Waals surface area contributed by atoms with Gasteiger partial charge in [0.05, 0.1) is 55.9 Å². The van der Waals surface area contributed by atoms with E-state index in [9.17, 15) is 93.6 Å². The number of carboxylic acids is 1. The third kappa shape index (κ3) is 24.3. The molecule has 2 aromatic carbocycles. The number of aliphatic carboxylic acids is 1. The molecule has 2 aromatic rings. The number of carbonyl (C=O) groups is 11. The van der Waals surface area contributed by atoms with Gasteiger partial charge in [-0.3, -0.25) is 53.0 Å². The zero-order valence-electron chi connectivity index (χ0n) is 67.3. The van der Waals surface area contributed by atoms with Crippen LogP contribution in [0, 0.1) is 29.6 Å². The summed E-state index contributed by atoms with van der Waals surface area (Å²) in [5.41, 5.74) is 1.08. The fourth-order valence-electron chi connectivity index (χ4n) is 14.5. The molecule has 0 aliphatic carbocycles. The van der Waals surface area contributed by atoms with E-state index in [1.165, 1.54) is 50.4 Å². The summed E-state index contributed by atoms with van der Waals surface area (Å²) >= 11 is 0. The summed E-state index contributed by atoms with van der Waals surface area (Å²) in [6.45, 7) is 15.9. The number of unbranched alkanes of at least 4 members (excludes halogenated alkanes) is 2. The Bertz CT molecular complexity index is 3490. The molecule has 4 aliphatic rings. The number of carbonyl (C=O) groups excluding carboxylic acids is 10. The number of nitrogens with zero attached hydrogens (tertiary/aromatic N) is 4. The van der Waals surface area contributed by atoms with E-state index >= 15 is 0 Å². The number of benzene rings is 2. The Kier molecular flexibility index (Phi) is 35.5. The average Bonchev–Trinajstić information content (AvgIpc) is 1.48. The van der Waals surface area contributed by atoms with Crippen LogP contribution in [0.2, 0.25) is 0 Å². The molecule has 6 rings (SSSR count). The van der Waals surface area contributed by atoms with E-state index in [-0.39, 0.29) is 49.9 Å². The van der Waals surface area contributed by atoms with Crippen LogP contribution in [0.25, 0.3) is 0 Å². The summed E-state index contributed by atoms with van der Waals surface area (Å²) < 4.78 is 48.3. The largest absolute Gasteiger partial charge is 0.479 e. The lowest BCUT2D eigenvalue weighted by Crippen LogP contribution is -2.61. The smallest absolute Gasteiger partial charge is 0.410 e. The summed E-state index contributed by atoms with van der Waals surface area (Å²) in [4.78, 5) is 155. The van der Waals surface area contributed by atoms with E-state index in [2.05, 4.69) is 26.6 Å². The highest BCUT2D eigenvalue weighted by molar-refractivity contribution is 6.02. The summed E-state index contributed by atoms with van der Waals surface area (Å²) in [6.07, 6.45) is -20.5. The van der Waals surface area contributed by atoms with Gasteiger partial charge in [0.2, 0.25) is 53.2 Å². The Hall–Kier alpha value is -7.91. The highest BCUT2D eigenvalue weighted by atomic mass is 16.7. The molecular weight excluding hydrogens is 1470 g/mol. The maximum Gasteiger partial charge on any atom is 0.410 e. The number of hydrogen-bond acceptors (Lipinski definition) is 25. The number of likely N-dealkylation sites (tertiary alicyclic amines) is 2. The molecule has 4 aliphatic heterocycles. The summed E-state index contributed by atoms with van der Waals surface area (Å²) in [5.74, 6) is -9.55. The molecule has 35 heteroatoms. The van der Waals surface area contributed by atoms with Gasteiger partial charge in [0.15, 0.2) is 18.7 Å². The number of amides is 10. The van der Waals surface area contributed by atoms with Crippen LogP contribution in [0.4, 0.5) is 10.5 Å². The van der Waals surface area contributed by atoms with Gasteiger partial charge in [-0.2, -0.15) is 0 Å². The molecule has 112 heavy (non-hydrogen) atoms. The minimum Gasteiger partial charge on any atom is -0.479 e. The molecule has 2 unspecified atom stereocenters. The fraction of sp³-hybridized carbons (Fsp3) is 0.701. The highest BCUT2D eigenvalue weighted by Gasteiger charge is 2.51. The molecule has 4 fully saturated rings. The van der Waals surface area contributed by atoms with E-state index < -0.39 is 225 Å². The standard InChI is InChI=1S/C77H119N9O26/c1-15-42(8)59(50(106-13)35-55(91)85-34-22-25-49(85)66(107-14)43(9)69(98)78-44(10)67(46-23-18-16-19-24-46)111-76-65(97)62(94)63(95)68(112-76)74(103)104)83(11)73(102)57(40(4)5)82-72(101)58(41(6)7)84(12)77(105)109-37-45-27-29-47(30-28-45)79-70(99)48(38-108-75-64(96)61(93)60(92)51(36-87)110-75)80-71(100)56(39(2)3)81-52(88)26-20-17-21-33-86-53(89)31-32-54(86)90/h16,18-19,23-24,27-30,39-44,48-51,56-68,75-76,87,92-97H,15,17,20-22,25-26,31-38H2,1-14H3,(H,78,98)(H,79,99)(H,80,100)(H,81,88)(H,82,101)(H,103,104)/t42-,43+,44+,48-,49-,50+,51+,56-,57-,58-,59-,60+,61-,62-,63-,64+,65+,66+,67+,68?,75+,76+/m0/s1/i31T/t31?,42-,43+,44+,48-,49-,50+,51+,56-,57-,58-,59-,60+,61-,62-,63-,64+,65+,66+,67+,68?,75+,76+. The monoisotopic (exact) mass is 1590 g/mol. The summed E-state index contributed by atoms with van der Waals surface area (Å²) in [6, 6.07) is 7.11. The SMILES string of the molecule is [3H]C1CC(=O)N(CCCCCC(=O)N[C@H](C(=O)N[C@@H](CO[C@@H]2O[C@H](CO)[C@@H](O)[C@H](O)[C@H]2O)C(=O)Nc2ccc(COC(=O)N(C)[C@H](C(=O)N[C@H](C(=O)N(C)[C@@H]([C@@H](C)CC)[C@@H](CC(=O)N3CCC[C@H]3[C@H](OC)[C@@H](C)C(=O)N[C@H](C)[C@@H](O[C@@H]3OC(C(=O)O)[C@@H](O)[C@H](O)[C@H]3O)c3ccccc3)OC)C(C)C)C(C)C)cc2)C(C)C)C1=O. The highest BCUT2D eigenvalue weighted by Crippen LogP contribution is 2.34. The van der Waals surface area contributed by atoms with Gasteiger partial charge in [0.1, 0.15) is 79.6 Å². The van der Waals surface area contributed by atoms with Crippen molar-refractivity contribution in [2.45, 2.75) is 262 Å². The minimum absolute atomic E-state index is 0.0344. The van der Waals surface area contributed by atoms with Crippen LogP contribution in [0.5, 0.6) is 0 Å². The third-order valence-corrected chi connectivity index (χ3v) is 21.2. The molecule has 0 aromatic heterocycles. The molecule has 13 N–H and O–H groups in total. The second-order valence-electron chi connectivity index (χ2n) is 30.3. The lowest BCUT2D eigenvalue weighted by Gasteiger charge is -2.41. The van der Waals surface area contributed by atoms with Crippen molar-refractivity contribution >= 4 is 70.9 Å². The van der Waals surface area contributed by atoms with Gasteiger partial charge in [0, 0.05) is 67.7 Å².